The number of nitrogens with one attached hydrogen (secondary N) is 2. The number of nitrogens with zero attached hydrogens (tertiary/aromatic N) is 6. The minimum Gasteiger partial charge on any atom is -0.390 e. The Bertz CT molecular complexity index is 1150. The number of pyridine rings is 1. The zero-order valence-electron chi connectivity index (χ0n) is 24.2. The molecular formula is C29H45N9O2. The molecule has 0 atom stereocenters. The number of primary amides is 1. The van der Waals surface area contributed by atoms with Crippen molar-refractivity contribution in [3.63, 3.8) is 0 Å². The molecule has 1 aliphatic carbocycles. The number of piperazine rings is 1. The van der Waals surface area contributed by atoms with Gasteiger partial charge < -0.3 is 31.3 Å². The van der Waals surface area contributed by atoms with Gasteiger partial charge in [-0.3, -0.25) is 9.69 Å². The Morgan fingerprint density at radius 1 is 1.05 bits per heavy atom. The Hall–Kier alpha value is -3.02. The van der Waals surface area contributed by atoms with Gasteiger partial charge in [0.1, 0.15) is 11.6 Å². The summed E-state index contributed by atoms with van der Waals surface area (Å²) in [5.41, 5.74) is 6.61. The monoisotopic (exact) mass is 551 g/mol. The van der Waals surface area contributed by atoms with Crippen LogP contribution in [0.25, 0.3) is 0 Å². The van der Waals surface area contributed by atoms with E-state index in [0.717, 1.165) is 89.3 Å². The first-order valence-electron chi connectivity index (χ1n) is 14.8. The van der Waals surface area contributed by atoms with Crippen molar-refractivity contribution >= 4 is 29.0 Å². The van der Waals surface area contributed by atoms with Gasteiger partial charge in [0.2, 0.25) is 0 Å². The van der Waals surface area contributed by atoms with Gasteiger partial charge in [-0.05, 0) is 71.0 Å². The molecule has 0 aromatic carbocycles. The molecule has 0 bridgehead atoms. The van der Waals surface area contributed by atoms with Crippen LogP contribution in [0.4, 0.5) is 23.1 Å². The van der Waals surface area contributed by atoms with Crippen LogP contribution in [0.1, 0.15) is 68.6 Å². The summed E-state index contributed by atoms with van der Waals surface area (Å²) in [5, 5.41) is 17.1. The normalized spacial score (nSPS) is 25.1. The number of aromatic nitrogens is 3. The van der Waals surface area contributed by atoms with Gasteiger partial charge in [0, 0.05) is 51.4 Å². The number of piperidine rings is 1. The molecule has 4 heterocycles. The van der Waals surface area contributed by atoms with Crippen LogP contribution < -0.4 is 21.3 Å². The summed E-state index contributed by atoms with van der Waals surface area (Å²) in [7, 11) is 2.20. The van der Waals surface area contributed by atoms with Crippen LogP contribution in [0.3, 0.4) is 0 Å². The molecule has 3 aliphatic rings. The zero-order chi connectivity index (χ0) is 28.3. The molecule has 1 saturated carbocycles. The van der Waals surface area contributed by atoms with E-state index >= 15 is 0 Å². The number of anilines is 4. The predicted octanol–water partition coefficient (Wildman–Crippen LogP) is 2.60. The molecule has 3 fully saturated rings. The van der Waals surface area contributed by atoms with Crippen molar-refractivity contribution in [3.8, 4) is 0 Å². The largest absolute Gasteiger partial charge is 0.390 e. The van der Waals surface area contributed by atoms with Crippen molar-refractivity contribution in [1.29, 1.82) is 0 Å². The number of rotatable bonds is 8. The van der Waals surface area contributed by atoms with Gasteiger partial charge in [0.15, 0.2) is 11.5 Å². The summed E-state index contributed by atoms with van der Waals surface area (Å²) in [5.74, 6) is 1.30. The van der Waals surface area contributed by atoms with Crippen molar-refractivity contribution in [3.05, 3.63) is 29.7 Å². The quantitative estimate of drug-likeness (QED) is 0.388. The second-order valence-electron chi connectivity index (χ2n) is 11.9. The van der Waals surface area contributed by atoms with Gasteiger partial charge in [-0.15, -0.1) is 0 Å². The maximum Gasteiger partial charge on any atom is 0.271 e. The number of aliphatic hydroxyl groups is 1. The Morgan fingerprint density at radius 3 is 2.35 bits per heavy atom. The van der Waals surface area contributed by atoms with E-state index < -0.39 is 11.5 Å². The minimum atomic E-state index is -0.627. The molecule has 2 aromatic rings. The summed E-state index contributed by atoms with van der Waals surface area (Å²) in [4.78, 5) is 33.7. The number of amides is 1. The van der Waals surface area contributed by atoms with E-state index in [4.69, 9.17) is 15.7 Å². The molecule has 40 heavy (non-hydrogen) atoms. The average Bonchev–Trinajstić information content (AvgIpc) is 2.95. The molecule has 5 N–H and O–H groups in total. The van der Waals surface area contributed by atoms with E-state index in [1.54, 1.807) is 6.20 Å². The fourth-order valence-electron chi connectivity index (χ4n) is 6.10. The van der Waals surface area contributed by atoms with E-state index in [9.17, 15) is 9.90 Å². The lowest BCUT2D eigenvalue weighted by Gasteiger charge is -2.42. The smallest absolute Gasteiger partial charge is 0.271 e. The van der Waals surface area contributed by atoms with E-state index in [-0.39, 0.29) is 11.7 Å². The van der Waals surface area contributed by atoms with Crippen LogP contribution in [-0.4, -0.2) is 99.8 Å². The van der Waals surface area contributed by atoms with Crippen LogP contribution >= 0.6 is 0 Å². The third-order valence-corrected chi connectivity index (χ3v) is 8.79. The van der Waals surface area contributed by atoms with E-state index in [2.05, 4.69) is 37.4 Å². The lowest BCUT2D eigenvalue weighted by molar-refractivity contribution is 0.0196. The van der Waals surface area contributed by atoms with Crippen LogP contribution in [0.5, 0.6) is 0 Å². The number of carbonyl (C=O) groups is 1. The van der Waals surface area contributed by atoms with Crippen molar-refractivity contribution in [2.24, 2.45) is 5.73 Å². The molecule has 0 radical (unpaired) electrons. The number of hydrogen-bond donors (Lipinski definition) is 4. The first-order chi connectivity index (χ1) is 19.2. The predicted molar refractivity (Wildman–Crippen MR) is 158 cm³/mol. The molecule has 11 heteroatoms. The SMILES string of the molecule is CCc1nc(C(N)=O)c(Nc2ccc(N3CCC(N4CCN(C)CC4)CC3)nc2)nc1NC1CCC(C)(O)CC1. The number of carbonyl (C=O) groups excluding carboxylic acids is 1. The third kappa shape index (κ3) is 6.82. The molecule has 218 valence electrons. The van der Waals surface area contributed by atoms with E-state index in [0.29, 0.717) is 29.8 Å². The number of hydrogen-bond acceptors (Lipinski definition) is 10. The standard InChI is InChI=1S/C29H45N9O2/c1-4-23-27(32-20-7-11-29(2,40)12-8-20)35-28(25(34-23)26(30)39)33-21-5-6-24(31-19-21)38-13-9-22(10-14-38)37-17-15-36(3)16-18-37/h5-6,19-20,22,40H,4,7-18H2,1-3H3,(H2,30,39)(H2,32,33,35). The molecule has 2 aromatic heterocycles. The van der Waals surface area contributed by atoms with Gasteiger partial charge in [0.25, 0.3) is 5.91 Å². The second-order valence-corrected chi connectivity index (χ2v) is 11.9. The molecule has 2 saturated heterocycles. The molecule has 0 unspecified atom stereocenters. The summed E-state index contributed by atoms with van der Waals surface area (Å²) in [6, 6.07) is 4.83. The number of aryl methyl sites for hydroxylation is 1. The highest BCUT2D eigenvalue weighted by atomic mass is 16.3. The van der Waals surface area contributed by atoms with Gasteiger partial charge in [-0.25, -0.2) is 15.0 Å². The fraction of sp³-hybridized carbons (Fsp3) is 0.655. The Kier molecular flexibility index (Phi) is 8.72. The van der Waals surface area contributed by atoms with Gasteiger partial charge in [-0.2, -0.15) is 0 Å². The maximum absolute atomic E-state index is 12.3. The van der Waals surface area contributed by atoms with Crippen molar-refractivity contribution in [2.45, 2.75) is 76.5 Å². The molecule has 2 aliphatic heterocycles. The number of nitrogens with two attached hydrogens (primary N) is 1. The minimum absolute atomic E-state index is 0.115. The first kappa shape index (κ1) is 28.5. The first-order valence-corrected chi connectivity index (χ1v) is 14.8. The van der Waals surface area contributed by atoms with E-state index in [1.807, 2.05) is 26.0 Å². The Morgan fingerprint density at radius 2 is 1.75 bits per heavy atom. The third-order valence-electron chi connectivity index (χ3n) is 8.79. The van der Waals surface area contributed by atoms with E-state index in [1.165, 1.54) is 0 Å². The average molecular weight is 552 g/mol. The molecule has 5 rings (SSSR count). The highest BCUT2D eigenvalue weighted by Gasteiger charge is 2.30. The second kappa shape index (κ2) is 12.2. The summed E-state index contributed by atoms with van der Waals surface area (Å²) >= 11 is 0. The van der Waals surface area contributed by atoms with Crippen molar-refractivity contribution in [1.82, 2.24) is 24.8 Å². The maximum atomic E-state index is 12.3. The van der Waals surface area contributed by atoms with Gasteiger partial charge in [-0.1, -0.05) is 6.92 Å². The van der Waals surface area contributed by atoms with Gasteiger partial charge in [0.05, 0.1) is 23.2 Å². The van der Waals surface area contributed by atoms with Crippen molar-refractivity contribution in [2.75, 3.05) is 61.8 Å². The number of likely N-dealkylation sites (N-methyl/N-ethyl adjacent to an activating group) is 1. The molecule has 0 spiro atoms. The Balaban J connectivity index is 1.24. The van der Waals surface area contributed by atoms with Crippen LogP contribution in [0.2, 0.25) is 0 Å². The highest BCUT2D eigenvalue weighted by Crippen LogP contribution is 2.31. The lowest BCUT2D eigenvalue weighted by Crippen LogP contribution is -2.52. The topological polar surface area (TPSA) is 136 Å². The van der Waals surface area contributed by atoms with Crippen LogP contribution in [0.15, 0.2) is 18.3 Å². The highest BCUT2D eigenvalue weighted by molar-refractivity contribution is 5.96. The summed E-state index contributed by atoms with van der Waals surface area (Å²) in [6.07, 6.45) is 7.85. The summed E-state index contributed by atoms with van der Waals surface area (Å²) in [6.45, 7) is 10.5. The molecule has 11 nitrogen and oxygen atoms in total. The van der Waals surface area contributed by atoms with Crippen molar-refractivity contribution < 1.29 is 9.90 Å². The van der Waals surface area contributed by atoms with Crippen LogP contribution in [0, 0.1) is 0 Å². The molecule has 1 amide bonds. The lowest BCUT2D eigenvalue weighted by atomic mass is 9.83. The van der Waals surface area contributed by atoms with Crippen LogP contribution in [-0.2, 0) is 6.42 Å². The Labute approximate surface area is 237 Å². The zero-order valence-corrected chi connectivity index (χ0v) is 24.2. The fourth-order valence-corrected chi connectivity index (χ4v) is 6.10. The molecular weight excluding hydrogens is 506 g/mol. The van der Waals surface area contributed by atoms with Gasteiger partial charge >= 0.3 is 0 Å². The summed E-state index contributed by atoms with van der Waals surface area (Å²) < 4.78 is 0.